The molecule has 5 aliphatic rings. The zero-order chi connectivity index (χ0) is 30.7. The molecule has 2 aliphatic heterocycles. The molecule has 7 rings (SSSR count). The highest BCUT2D eigenvalue weighted by molar-refractivity contribution is 7.13. The highest BCUT2D eigenvalue weighted by Gasteiger charge is 2.61. The first-order chi connectivity index (χ1) is 20.2. The average molecular weight is 501 g/mol. The van der Waals surface area contributed by atoms with Gasteiger partial charge in [-0.05, 0) is 79.4 Å². The van der Waals surface area contributed by atoms with Crippen molar-refractivity contribution in [2.24, 2.45) is 35.5 Å². The Bertz CT molecular complexity index is 1410. The first-order valence-corrected chi connectivity index (χ1v) is 13.7. The second-order valence-electron chi connectivity index (χ2n) is 10.9. The molecule has 2 saturated heterocycles. The van der Waals surface area contributed by atoms with Crippen molar-refractivity contribution >= 4 is 39.3 Å². The van der Waals surface area contributed by atoms with Crippen LogP contribution in [0.2, 0.25) is 0 Å². The van der Waals surface area contributed by atoms with Gasteiger partial charge in [0.15, 0.2) is 0 Å². The van der Waals surface area contributed by atoms with Crippen LogP contribution in [0, 0.1) is 35.5 Å². The van der Waals surface area contributed by atoms with E-state index in [2.05, 4.69) is 4.37 Å². The van der Waals surface area contributed by atoms with Crippen LogP contribution in [0.25, 0.3) is 10.1 Å². The number of likely N-dealkylation sites (tertiary alicyclic amines) is 1. The van der Waals surface area contributed by atoms with E-state index in [-0.39, 0.29) is 66.2 Å². The number of amides is 2. The molecule has 7 heteroatoms. The smallest absolute Gasteiger partial charge is 0.233 e. The normalized spacial score (nSPS) is 44.6. The van der Waals surface area contributed by atoms with E-state index in [1.807, 2.05) is 0 Å². The maximum Gasteiger partial charge on any atom is 0.233 e. The van der Waals surface area contributed by atoms with Gasteiger partial charge in [-0.3, -0.25) is 19.4 Å². The number of carbonyl (C=O) groups excluding carboxylic acids is 2. The van der Waals surface area contributed by atoms with Crippen LogP contribution in [0.3, 0.4) is 0 Å². The van der Waals surface area contributed by atoms with Crippen LogP contribution in [0.5, 0.6) is 0 Å². The first kappa shape index (κ1) is 15.3. The number of piperazine rings is 1. The number of rotatable bonds is 5. The number of anilines is 1. The SMILES string of the molecule is [2H]C1([2H])N(C[C@@H]2CCCC[C@H]2CN2C(=O)[C@@H]3C4CCC(C4)[C@@H]3C2=O)C([2H])([2H])C([2H])([2H])N(c2nsc3ccccc23)C1([2H])[2H]. The van der Waals surface area contributed by atoms with Crippen molar-refractivity contribution < 1.29 is 20.6 Å². The Morgan fingerprint density at radius 3 is 2.26 bits per heavy atom. The topological polar surface area (TPSA) is 56.8 Å². The Kier molecular flexibility index (Phi) is 3.87. The third-order valence-corrected chi connectivity index (χ3v) is 9.90. The van der Waals surface area contributed by atoms with Gasteiger partial charge in [0, 0.05) is 49.9 Å². The van der Waals surface area contributed by atoms with Crippen LogP contribution >= 0.6 is 11.5 Å². The van der Waals surface area contributed by atoms with Crippen molar-refractivity contribution in [3.8, 4) is 0 Å². The minimum atomic E-state index is -3.00. The summed E-state index contributed by atoms with van der Waals surface area (Å²) in [4.78, 5) is 29.6. The molecule has 2 bridgehead atoms. The predicted molar refractivity (Wildman–Crippen MR) is 138 cm³/mol. The van der Waals surface area contributed by atoms with E-state index in [1.165, 1.54) is 4.90 Å². The molecule has 186 valence electrons. The van der Waals surface area contributed by atoms with Gasteiger partial charge in [-0.2, -0.15) is 4.37 Å². The number of hydrogen-bond donors (Lipinski definition) is 0. The second kappa shape index (κ2) is 8.84. The summed E-state index contributed by atoms with van der Waals surface area (Å²) in [5, 5.41) is 0.422. The molecular weight excluding hydrogens is 456 g/mol. The van der Waals surface area contributed by atoms with Crippen LogP contribution in [0.4, 0.5) is 5.82 Å². The maximum absolute atomic E-state index is 13.4. The van der Waals surface area contributed by atoms with Crippen molar-refractivity contribution in [2.45, 2.75) is 44.9 Å². The Balaban J connectivity index is 1.18. The maximum atomic E-state index is 13.4. The molecule has 0 radical (unpaired) electrons. The molecule has 6 nitrogen and oxygen atoms in total. The Morgan fingerprint density at radius 2 is 1.54 bits per heavy atom. The van der Waals surface area contributed by atoms with E-state index in [0.29, 0.717) is 27.8 Å². The Morgan fingerprint density at radius 1 is 0.886 bits per heavy atom. The summed E-state index contributed by atoms with van der Waals surface area (Å²) in [6, 6.07) is 6.86. The van der Waals surface area contributed by atoms with E-state index in [4.69, 9.17) is 11.0 Å². The van der Waals surface area contributed by atoms with Crippen molar-refractivity contribution in [3.05, 3.63) is 24.3 Å². The fourth-order valence-electron chi connectivity index (χ4n) is 7.39. The highest BCUT2D eigenvalue weighted by Crippen LogP contribution is 2.56. The lowest BCUT2D eigenvalue weighted by molar-refractivity contribution is -0.142. The largest absolute Gasteiger partial charge is 0.353 e. The van der Waals surface area contributed by atoms with Gasteiger partial charge >= 0.3 is 0 Å². The van der Waals surface area contributed by atoms with E-state index in [1.54, 1.807) is 24.3 Å². The van der Waals surface area contributed by atoms with Crippen LogP contribution in [-0.2, 0) is 9.59 Å². The molecule has 2 amide bonds. The zero-order valence-corrected chi connectivity index (χ0v) is 20.5. The van der Waals surface area contributed by atoms with Crippen molar-refractivity contribution in [1.29, 1.82) is 0 Å². The fraction of sp³-hybridized carbons (Fsp3) is 0.679. The summed E-state index contributed by atoms with van der Waals surface area (Å²) in [5.74, 6) is -0.817. The highest BCUT2D eigenvalue weighted by atomic mass is 32.1. The van der Waals surface area contributed by atoms with Crippen LogP contribution in [0.15, 0.2) is 24.3 Å². The number of aromatic nitrogens is 1. The number of benzene rings is 1. The van der Waals surface area contributed by atoms with Gasteiger partial charge in [0.25, 0.3) is 0 Å². The summed E-state index contributed by atoms with van der Waals surface area (Å²) in [5.41, 5.74) is 0. The molecular formula is C28H36N4O2S. The molecule has 0 N–H and O–H groups in total. The molecule has 2 aromatic rings. The number of nitrogens with zero attached hydrogens (tertiary/aromatic N) is 4. The molecule has 1 aromatic heterocycles. The standard InChI is InChI=1S/C28H36N4O2S/c33-27-24-18-9-10-19(15-18)25(24)28(34)32(27)17-21-6-2-1-5-20(21)16-30-11-13-31(14-12-30)26-22-7-3-4-8-23(22)35-29-26/h3-4,7-8,18-21,24-25H,1-2,5-6,9-17H2/t18?,19?,20-,21-,24-,25+/m0/s1/i11D2,12D2,13D2,14D2. The van der Waals surface area contributed by atoms with Gasteiger partial charge in [-0.15, -0.1) is 0 Å². The zero-order valence-electron chi connectivity index (χ0n) is 27.7. The molecule has 6 atom stereocenters. The third-order valence-electron chi connectivity index (χ3n) is 9.08. The van der Waals surface area contributed by atoms with Crippen LogP contribution < -0.4 is 4.90 Å². The minimum Gasteiger partial charge on any atom is -0.353 e. The third kappa shape index (κ3) is 3.72. The monoisotopic (exact) mass is 500 g/mol. The molecule has 2 unspecified atom stereocenters. The van der Waals surface area contributed by atoms with Gasteiger partial charge in [-0.25, -0.2) is 0 Å². The van der Waals surface area contributed by atoms with Crippen LogP contribution in [-0.4, -0.2) is 65.1 Å². The summed E-state index contributed by atoms with van der Waals surface area (Å²) < 4.78 is 76.7. The van der Waals surface area contributed by atoms with Gasteiger partial charge in [0.2, 0.25) is 11.8 Å². The number of imide groups is 1. The lowest BCUT2D eigenvalue weighted by Crippen LogP contribution is -2.49. The van der Waals surface area contributed by atoms with Gasteiger partial charge in [0.05, 0.1) is 22.0 Å². The predicted octanol–water partition coefficient (Wildman–Crippen LogP) is 4.26. The molecule has 0 spiro atoms. The van der Waals surface area contributed by atoms with Crippen molar-refractivity contribution in [3.63, 3.8) is 0 Å². The lowest BCUT2D eigenvalue weighted by Gasteiger charge is -2.40. The number of hydrogen-bond acceptors (Lipinski definition) is 6. The summed E-state index contributed by atoms with van der Waals surface area (Å²) in [7, 11) is 0. The van der Waals surface area contributed by atoms with Crippen LogP contribution in [0.1, 0.15) is 55.9 Å². The summed E-state index contributed by atoms with van der Waals surface area (Å²) >= 11 is 1.02. The molecule has 3 saturated carbocycles. The van der Waals surface area contributed by atoms with E-state index < -0.39 is 26.0 Å². The minimum absolute atomic E-state index is 0.103. The van der Waals surface area contributed by atoms with Crippen molar-refractivity contribution in [1.82, 2.24) is 14.2 Å². The number of fused-ring (bicyclic) bond motifs is 6. The van der Waals surface area contributed by atoms with Gasteiger partial charge < -0.3 is 4.90 Å². The number of carbonyl (C=O) groups is 2. The molecule has 3 heterocycles. The lowest BCUT2D eigenvalue weighted by atomic mass is 9.78. The Hall–Kier alpha value is -1.99. The quantitative estimate of drug-likeness (QED) is 0.575. The average Bonchev–Trinajstić information content (AvgIpc) is 3.72. The molecule has 5 fully saturated rings. The van der Waals surface area contributed by atoms with Crippen molar-refractivity contribution in [2.75, 3.05) is 44.0 Å². The molecule has 35 heavy (non-hydrogen) atoms. The van der Waals surface area contributed by atoms with E-state index >= 15 is 0 Å². The second-order valence-corrected chi connectivity index (χ2v) is 11.7. The Labute approximate surface area is 223 Å². The van der Waals surface area contributed by atoms with E-state index in [9.17, 15) is 9.59 Å². The van der Waals surface area contributed by atoms with Gasteiger partial charge in [0.1, 0.15) is 5.82 Å². The molecule has 1 aromatic carbocycles. The molecule has 3 aliphatic carbocycles. The van der Waals surface area contributed by atoms with Gasteiger partial charge in [-0.1, -0.05) is 25.0 Å². The summed E-state index contributed by atoms with van der Waals surface area (Å²) in [6.07, 6.45) is 5.86. The first-order valence-electron chi connectivity index (χ1n) is 17.0. The van der Waals surface area contributed by atoms with E-state index in [0.717, 1.165) is 48.5 Å². The summed E-state index contributed by atoms with van der Waals surface area (Å²) in [6.45, 7) is -12.0. The fourth-order valence-corrected chi connectivity index (χ4v) is 8.15.